The molecule has 0 amide bonds. The molecule has 0 spiro atoms. The van der Waals surface area contributed by atoms with Crippen LogP contribution in [0.5, 0.6) is 11.5 Å². The second-order valence-electron chi connectivity index (χ2n) is 8.97. The molecule has 6 rings (SSSR count). The first-order valence-corrected chi connectivity index (χ1v) is 12.0. The van der Waals surface area contributed by atoms with Gasteiger partial charge in [-0.1, -0.05) is 30.3 Å². The third-order valence-corrected chi connectivity index (χ3v) is 6.73. The number of Topliss-reactive ketones (excluding diaryl/α,β-unsaturated/α-hetero) is 1. The van der Waals surface area contributed by atoms with E-state index in [1.807, 2.05) is 59.5 Å². The molecule has 2 aliphatic heterocycles. The number of para-hydroxylation sites is 1. The van der Waals surface area contributed by atoms with Crippen molar-refractivity contribution >= 4 is 17.5 Å². The summed E-state index contributed by atoms with van der Waals surface area (Å²) in [6, 6.07) is 17.2. The van der Waals surface area contributed by atoms with Crippen LogP contribution in [0.1, 0.15) is 36.3 Å². The number of morpholine rings is 1. The molecule has 3 heterocycles. The van der Waals surface area contributed by atoms with Gasteiger partial charge >= 0.3 is 0 Å². The molecule has 1 aliphatic carbocycles. The zero-order chi connectivity index (χ0) is 23.8. The molecule has 3 aliphatic rings. The predicted octanol–water partition coefficient (Wildman–Crippen LogP) is 3.96. The van der Waals surface area contributed by atoms with Gasteiger partial charge in [-0.05, 0) is 42.7 Å². The molecule has 1 saturated heterocycles. The van der Waals surface area contributed by atoms with Gasteiger partial charge in [0.25, 0.3) is 5.56 Å². The molecule has 178 valence electrons. The van der Waals surface area contributed by atoms with E-state index in [1.54, 1.807) is 0 Å². The lowest BCUT2D eigenvalue weighted by molar-refractivity contribution is -0.116. The topological polar surface area (TPSA) is 96.5 Å². The number of ketones is 1. The summed E-state index contributed by atoms with van der Waals surface area (Å²) in [5.74, 6) is 1.97. The maximum Gasteiger partial charge on any atom is 0.258 e. The summed E-state index contributed by atoms with van der Waals surface area (Å²) in [4.78, 5) is 36.4. The van der Waals surface area contributed by atoms with Crippen LogP contribution in [0.2, 0.25) is 0 Å². The van der Waals surface area contributed by atoms with Gasteiger partial charge in [-0.2, -0.15) is 4.98 Å². The largest absolute Gasteiger partial charge is 0.457 e. The van der Waals surface area contributed by atoms with E-state index in [9.17, 15) is 9.59 Å². The summed E-state index contributed by atoms with van der Waals surface area (Å²) in [7, 11) is 0. The van der Waals surface area contributed by atoms with Crippen LogP contribution in [0.3, 0.4) is 0 Å². The Balaban J connectivity index is 1.45. The Morgan fingerprint density at radius 2 is 1.77 bits per heavy atom. The van der Waals surface area contributed by atoms with Crippen molar-refractivity contribution in [3.8, 4) is 11.5 Å². The van der Waals surface area contributed by atoms with Crippen LogP contribution >= 0.6 is 0 Å². The minimum atomic E-state index is -0.511. The highest BCUT2D eigenvalue weighted by atomic mass is 16.5. The summed E-state index contributed by atoms with van der Waals surface area (Å²) >= 11 is 0. The van der Waals surface area contributed by atoms with Gasteiger partial charge in [0.15, 0.2) is 5.78 Å². The lowest BCUT2D eigenvalue weighted by atomic mass is 9.76. The predicted molar refractivity (Wildman–Crippen MR) is 132 cm³/mol. The smallest absolute Gasteiger partial charge is 0.258 e. The molecule has 0 radical (unpaired) electrons. The van der Waals surface area contributed by atoms with Gasteiger partial charge in [0, 0.05) is 36.7 Å². The van der Waals surface area contributed by atoms with E-state index in [2.05, 4.69) is 10.3 Å². The Kier molecular flexibility index (Phi) is 5.58. The maximum atomic E-state index is 13.5. The lowest BCUT2D eigenvalue weighted by Gasteiger charge is -2.34. The van der Waals surface area contributed by atoms with Crippen molar-refractivity contribution in [3.05, 3.63) is 87.3 Å². The van der Waals surface area contributed by atoms with Gasteiger partial charge in [-0.25, -0.2) is 0 Å². The van der Waals surface area contributed by atoms with Crippen molar-refractivity contribution in [2.75, 3.05) is 36.5 Å². The normalized spacial score (nSPS) is 19.6. The fraction of sp³-hybridized carbons (Fsp3) is 0.296. The van der Waals surface area contributed by atoms with Gasteiger partial charge in [0.2, 0.25) is 5.95 Å². The number of aromatic amines is 1. The second kappa shape index (κ2) is 9.03. The van der Waals surface area contributed by atoms with Gasteiger partial charge in [-0.15, -0.1) is 0 Å². The number of carbonyl (C=O) groups excluding carboxylic acids is 1. The number of carbonyl (C=O) groups is 1. The minimum Gasteiger partial charge on any atom is -0.457 e. The van der Waals surface area contributed by atoms with E-state index < -0.39 is 5.92 Å². The molecule has 1 atom stereocenters. The van der Waals surface area contributed by atoms with E-state index in [0.29, 0.717) is 61.4 Å². The van der Waals surface area contributed by atoms with Gasteiger partial charge < -0.3 is 19.7 Å². The van der Waals surface area contributed by atoms with Crippen LogP contribution < -0.4 is 20.5 Å². The number of rotatable bonds is 4. The van der Waals surface area contributed by atoms with Crippen molar-refractivity contribution in [1.82, 2.24) is 9.97 Å². The Hall–Kier alpha value is -3.91. The van der Waals surface area contributed by atoms with Crippen LogP contribution in [0, 0.1) is 0 Å². The molecule has 8 heteroatoms. The highest BCUT2D eigenvalue weighted by molar-refractivity contribution is 6.00. The number of nitrogens with one attached hydrogen (secondary N) is 2. The van der Waals surface area contributed by atoms with E-state index in [4.69, 9.17) is 14.5 Å². The van der Waals surface area contributed by atoms with Crippen LogP contribution in [0.4, 0.5) is 11.8 Å². The molecule has 0 saturated carbocycles. The molecular formula is C27H26N4O4. The zero-order valence-electron chi connectivity index (χ0n) is 19.3. The number of nitrogens with zero attached hydrogens (tertiary/aromatic N) is 2. The van der Waals surface area contributed by atoms with Gasteiger partial charge in [0.1, 0.15) is 17.3 Å². The summed E-state index contributed by atoms with van der Waals surface area (Å²) in [5, 5.41) is 3.34. The maximum absolute atomic E-state index is 13.5. The second-order valence-corrected chi connectivity index (χ2v) is 8.97. The van der Waals surface area contributed by atoms with E-state index in [0.717, 1.165) is 29.9 Å². The first kappa shape index (κ1) is 21.6. The third-order valence-electron chi connectivity index (χ3n) is 6.73. The molecular weight excluding hydrogens is 444 g/mol. The van der Waals surface area contributed by atoms with Crippen LogP contribution in [-0.2, 0) is 9.53 Å². The van der Waals surface area contributed by atoms with Crippen LogP contribution in [-0.4, -0.2) is 42.1 Å². The number of ether oxygens (including phenoxy) is 2. The lowest BCUT2D eigenvalue weighted by Crippen LogP contribution is -2.40. The minimum absolute atomic E-state index is 0.0698. The number of fused-ring (bicyclic) bond motifs is 1. The molecule has 3 aromatic rings. The Morgan fingerprint density at radius 3 is 2.60 bits per heavy atom. The SMILES string of the molecule is O=C1CCCC2=C1[C@H](c1cccc(Oc3ccccc3)c1)c1c(nc(N3CCOCC3)[nH]c1=O)N2. The number of hydrogen-bond donors (Lipinski definition) is 2. The monoisotopic (exact) mass is 470 g/mol. The average Bonchev–Trinajstić information content (AvgIpc) is 2.89. The number of hydrogen-bond acceptors (Lipinski definition) is 7. The molecule has 35 heavy (non-hydrogen) atoms. The number of H-pyrrole nitrogens is 1. The summed E-state index contributed by atoms with van der Waals surface area (Å²) in [6.45, 7) is 2.51. The number of benzene rings is 2. The van der Waals surface area contributed by atoms with Gasteiger partial charge in [0.05, 0.1) is 18.8 Å². The van der Waals surface area contributed by atoms with E-state index >= 15 is 0 Å². The van der Waals surface area contributed by atoms with Gasteiger partial charge in [-0.3, -0.25) is 14.6 Å². The zero-order valence-corrected chi connectivity index (χ0v) is 19.3. The quantitative estimate of drug-likeness (QED) is 0.596. The summed E-state index contributed by atoms with van der Waals surface area (Å²) in [6.07, 6.45) is 2.01. The molecule has 2 aromatic carbocycles. The Labute approximate surface area is 202 Å². The standard InChI is InChI=1S/C27H26N4O4/c32-21-11-5-10-20-23(21)22(17-6-4-9-19(16-17)35-18-7-2-1-3-8-18)24-25(28-20)29-27(30-26(24)33)31-12-14-34-15-13-31/h1-4,6-9,16,22H,5,10-15H2,(H2,28,29,30,33)/t22-/m0/s1. The highest BCUT2D eigenvalue weighted by Crippen LogP contribution is 2.44. The first-order chi connectivity index (χ1) is 17.2. The molecule has 8 nitrogen and oxygen atoms in total. The van der Waals surface area contributed by atoms with Crippen molar-refractivity contribution in [2.45, 2.75) is 25.2 Å². The molecule has 2 N–H and O–H groups in total. The first-order valence-electron chi connectivity index (χ1n) is 12.0. The Morgan fingerprint density at radius 1 is 0.971 bits per heavy atom. The summed E-state index contributed by atoms with van der Waals surface area (Å²) in [5.41, 5.74) is 2.57. The van der Waals surface area contributed by atoms with E-state index in [-0.39, 0.29) is 11.3 Å². The van der Waals surface area contributed by atoms with Crippen LogP contribution in [0.15, 0.2) is 70.7 Å². The summed E-state index contributed by atoms with van der Waals surface area (Å²) < 4.78 is 11.5. The highest BCUT2D eigenvalue weighted by Gasteiger charge is 2.38. The average molecular weight is 471 g/mol. The molecule has 0 unspecified atom stereocenters. The van der Waals surface area contributed by atoms with Crippen molar-refractivity contribution in [3.63, 3.8) is 0 Å². The number of aromatic nitrogens is 2. The van der Waals surface area contributed by atoms with Crippen molar-refractivity contribution in [2.24, 2.45) is 0 Å². The number of allylic oxidation sites excluding steroid dienone is 2. The Bertz CT molecular complexity index is 1360. The molecule has 0 bridgehead atoms. The van der Waals surface area contributed by atoms with Crippen molar-refractivity contribution in [1.29, 1.82) is 0 Å². The fourth-order valence-corrected chi connectivity index (χ4v) is 5.09. The number of anilines is 2. The fourth-order valence-electron chi connectivity index (χ4n) is 5.09. The third kappa shape index (κ3) is 4.10. The van der Waals surface area contributed by atoms with E-state index in [1.165, 1.54) is 0 Å². The van der Waals surface area contributed by atoms with Crippen molar-refractivity contribution < 1.29 is 14.3 Å². The molecule has 1 aromatic heterocycles. The van der Waals surface area contributed by atoms with Crippen LogP contribution in [0.25, 0.3) is 0 Å². The molecule has 1 fully saturated rings.